The molecule has 4 rings (SSSR count). The summed E-state index contributed by atoms with van der Waals surface area (Å²) in [4.78, 5) is 16.6. The van der Waals surface area contributed by atoms with Crippen LogP contribution in [0.25, 0.3) is 11.1 Å². The second kappa shape index (κ2) is 8.95. The van der Waals surface area contributed by atoms with Crippen molar-refractivity contribution in [3.05, 3.63) is 70.0 Å². The van der Waals surface area contributed by atoms with Gasteiger partial charge in [-0.25, -0.2) is 9.18 Å². The van der Waals surface area contributed by atoms with Gasteiger partial charge < -0.3 is 9.32 Å². The number of aryl methyl sites for hydroxylation is 1. The van der Waals surface area contributed by atoms with Crippen LogP contribution in [-0.2, 0) is 6.42 Å². The quantitative estimate of drug-likeness (QED) is 0.594. The van der Waals surface area contributed by atoms with E-state index in [2.05, 4.69) is 22.9 Å². The molecule has 5 heteroatoms. The minimum Gasteiger partial charge on any atom is -0.408 e. The van der Waals surface area contributed by atoms with Gasteiger partial charge in [-0.2, -0.15) is 0 Å². The van der Waals surface area contributed by atoms with E-state index in [1.165, 1.54) is 36.8 Å². The van der Waals surface area contributed by atoms with Gasteiger partial charge in [-0.15, -0.1) is 0 Å². The van der Waals surface area contributed by atoms with Crippen LogP contribution < -0.4 is 5.76 Å². The Kier molecular flexibility index (Phi) is 6.14. The highest BCUT2D eigenvalue weighted by molar-refractivity contribution is 5.72. The fourth-order valence-electron chi connectivity index (χ4n) is 4.74. The van der Waals surface area contributed by atoms with Crippen LogP contribution in [0.3, 0.4) is 0 Å². The summed E-state index contributed by atoms with van der Waals surface area (Å²) in [5.74, 6) is 0.0104. The Balaban J connectivity index is 1.27. The summed E-state index contributed by atoms with van der Waals surface area (Å²) in [6.07, 6.45) is 6.83. The van der Waals surface area contributed by atoms with Crippen LogP contribution in [-0.4, -0.2) is 29.0 Å². The van der Waals surface area contributed by atoms with Crippen LogP contribution in [0.15, 0.2) is 51.7 Å². The van der Waals surface area contributed by atoms with Gasteiger partial charge in [0, 0.05) is 6.04 Å². The highest BCUT2D eigenvalue weighted by atomic mass is 19.1. The first-order valence-electron chi connectivity index (χ1n) is 10.7. The molecular weight excluding hydrogens is 367 g/mol. The van der Waals surface area contributed by atoms with E-state index in [4.69, 9.17) is 4.42 Å². The van der Waals surface area contributed by atoms with Gasteiger partial charge in [0.05, 0.1) is 5.52 Å². The van der Waals surface area contributed by atoms with Crippen molar-refractivity contribution in [2.75, 3.05) is 13.1 Å². The summed E-state index contributed by atoms with van der Waals surface area (Å²) in [5, 5.41) is 0. The lowest BCUT2D eigenvalue weighted by molar-refractivity contribution is 0.154. The van der Waals surface area contributed by atoms with E-state index >= 15 is 0 Å². The molecular formula is C24H29FN2O2. The number of nitrogens with zero attached hydrogens (tertiary/aromatic N) is 1. The molecule has 1 aromatic heterocycles. The van der Waals surface area contributed by atoms with Gasteiger partial charge in [0.2, 0.25) is 0 Å². The van der Waals surface area contributed by atoms with Gasteiger partial charge in [-0.3, -0.25) is 4.98 Å². The number of hydrogen-bond acceptors (Lipinski definition) is 3. The molecule has 4 nitrogen and oxygen atoms in total. The number of nitrogens with one attached hydrogen (secondary N) is 1. The molecule has 0 amide bonds. The topological polar surface area (TPSA) is 49.2 Å². The van der Waals surface area contributed by atoms with Crippen molar-refractivity contribution in [2.45, 2.75) is 57.4 Å². The van der Waals surface area contributed by atoms with Gasteiger partial charge in [0.1, 0.15) is 5.82 Å². The molecule has 0 radical (unpaired) electrons. The Morgan fingerprint density at radius 2 is 1.86 bits per heavy atom. The van der Waals surface area contributed by atoms with Crippen molar-refractivity contribution in [1.82, 2.24) is 9.88 Å². The summed E-state index contributed by atoms with van der Waals surface area (Å²) in [7, 11) is 0. The highest BCUT2D eigenvalue weighted by Gasteiger charge is 2.25. The van der Waals surface area contributed by atoms with Crippen molar-refractivity contribution in [2.24, 2.45) is 0 Å². The molecule has 1 N–H and O–H groups in total. The number of rotatable bonds is 7. The number of fused-ring (bicyclic) bond motifs is 1. The second-order valence-electron chi connectivity index (χ2n) is 8.13. The number of oxazole rings is 1. The number of halogens is 1. The van der Waals surface area contributed by atoms with Gasteiger partial charge >= 0.3 is 5.76 Å². The minimum absolute atomic E-state index is 0.155. The third kappa shape index (κ3) is 4.78. The average molecular weight is 397 g/mol. The van der Waals surface area contributed by atoms with Crippen LogP contribution in [0.1, 0.15) is 56.1 Å². The van der Waals surface area contributed by atoms with Gasteiger partial charge in [-0.05, 0) is 92.9 Å². The van der Waals surface area contributed by atoms with E-state index in [1.54, 1.807) is 12.1 Å². The normalized spacial score (nSPS) is 19.8. The fraction of sp³-hybridized carbons (Fsp3) is 0.458. The molecule has 3 aromatic rings. The number of benzene rings is 2. The number of aromatic amines is 1. The molecule has 0 atom stereocenters. The van der Waals surface area contributed by atoms with Crippen molar-refractivity contribution >= 4 is 11.1 Å². The summed E-state index contributed by atoms with van der Waals surface area (Å²) in [6, 6.07) is 13.6. The average Bonchev–Trinajstić information content (AvgIpc) is 3.11. The number of H-pyrrole nitrogens is 1. The Labute approximate surface area is 170 Å². The predicted octanol–water partition coefficient (Wildman–Crippen LogP) is 5.24. The first-order chi connectivity index (χ1) is 14.1. The molecule has 1 heterocycles. The maximum absolute atomic E-state index is 13.2. The molecule has 1 aliphatic carbocycles. The van der Waals surface area contributed by atoms with E-state index in [0.29, 0.717) is 17.5 Å². The van der Waals surface area contributed by atoms with E-state index in [9.17, 15) is 9.18 Å². The van der Waals surface area contributed by atoms with Crippen LogP contribution in [0.5, 0.6) is 0 Å². The maximum atomic E-state index is 13.2. The fourth-order valence-corrected chi connectivity index (χ4v) is 4.74. The smallest absolute Gasteiger partial charge is 0.408 e. The molecule has 1 fully saturated rings. The molecule has 0 aliphatic heterocycles. The lowest BCUT2D eigenvalue weighted by Crippen LogP contribution is -2.38. The maximum Gasteiger partial charge on any atom is 0.417 e. The standard InChI is InChI=1S/C24H29FN2O2/c1-2-27(15-3-4-17-5-14-22-23(16-17)29-24(28)26-22)21-12-8-19(9-13-21)18-6-10-20(25)11-7-18/h5-7,10-11,14,16,19,21H,2-4,8-9,12-13,15H2,1H3,(H,26,28). The Hall–Kier alpha value is -2.40. The van der Waals surface area contributed by atoms with E-state index in [-0.39, 0.29) is 5.82 Å². The van der Waals surface area contributed by atoms with E-state index < -0.39 is 5.76 Å². The third-order valence-corrected chi connectivity index (χ3v) is 6.36. The first-order valence-corrected chi connectivity index (χ1v) is 10.7. The SMILES string of the molecule is CCN(CCCc1ccc2[nH]c(=O)oc2c1)C1CCC(c2ccc(F)cc2)CC1. The summed E-state index contributed by atoms with van der Waals surface area (Å²) >= 11 is 0. The molecule has 1 saturated carbocycles. The third-order valence-electron chi connectivity index (χ3n) is 6.36. The van der Waals surface area contributed by atoms with E-state index in [0.717, 1.165) is 31.4 Å². The van der Waals surface area contributed by atoms with Gasteiger partial charge in [-0.1, -0.05) is 25.1 Å². The second-order valence-corrected chi connectivity index (χ2v) is 8.13. The minimum atomic E-state index is -0.398. The molecule has 154 valence electrons. The molecule has 0 spiro atoms. The zero-order chi connectivity index (χ0) is 20.2. The lowest BCUT2D eigenvalue weighted by atomic mass is 9.81. The Bertz CT molecular complexity index is 984. The largest absolute Gasteiger partial charge is 0.417 e. The molecule has 0 unspecified atom stereocenters. The Morgan fingerprint density at radius 1 is 1.10 bits per heavy atom. The summed E-state index contributed by atoms with van der Waals surface area (Å²) in [6.45, 7) is 4.39. The van der Waals surface area contributed by atoms with Crippen molar-refractivity contribution in [3.63, 3.8) is 0 Å². The summed E-state index contributed by atoms with van der Waals surface area (Å²) in [5.41, 5.74) is 3.88. The molecule has 0 bridgehead atoms. The predicted molar refractivity (Wildman–Crippen MR) is 114 cm³/mol. The van der Waals surface area contributed by atoms with Gasteiger partial charge in [0.15, 0.2) is 5.58 Å². The van der Waals surface area contributed by atoms with Crippen molar-refractivity contribution in [1.29, 1.82) is 0 Å². The Morgan fingerprint density at radius 3 is 2.59 bits per heavy atom. The van der Waals surface area contributed by atoms with Crippen LogP contribution >= 0.6 is 0 Å². The number of hydrogen-bond donors (Lipinski definition) is 1. The van der Waals surface area contributed by atoms with E-state index in [1.807, 2.05) is 24.3 Å². The molecule has 29 heavy (non-hydrogen) atoms. The molecule has 0 saturated heterocycles. The summed E-state index contributed by atoms with van der Waals surface area (Å²) < 4.78 is 18.3. The van der Waals surface area contributed by atoms with Gasteiger partial charge in [0.25, 0.3) is 0 Å². The van der Waals surface area contributed by atoms with Crippen molar-refractivity contribution in [3.8, 4) is 0 Å². The lowest BCUT2D eigenvalue weighted by Gasteiger charge is -2.36. The molecule has 2 aromatic carbocycles. The van der Waals surface area contributed by atoms with Crippen LogP contribution in [0.2, 0.25) is 0 Å². The number of aromatic nitrogens is 1. The van der Waals surface area contributed by atoms with Crippen LogP contribution in [0.4, 0.5) is 4.39 Å². The highest BCUT2D eigenvalue weighted by Crippen LogP contribution is 2.34. The monoisotopic (exact) mass is 396 g/mol. The zero-order valence-electron chi connectivity index (χ0n) is 17.0. The van der Waals surface area contributed by atoms with Crippen LogP contribution in [0, 0.1) is 5.82 Å². The zero-order valence-corrected chi connectivity index (χ0v) is 17.0. The first kappa shape index (κ1) is 19.9. The molecule has 1 aliphatic rings. The van der Waals surface area contributed by atoms with Crippen molar-refractivity contribution < 1.29 is 8.81 Å².